The number of nitrogens with zero attached hydrogens (tertiary/aromatic N) is 5. The number of hydrogen-bond acceptors (Lipinski definition) is 6. The van der Waals surface area contributed by atoms with Crippen molar-refractivity contribution in [2.75, 3.05) is 37.6 Å². The van der Waals surface area contributed by atoms with Crippen molar-refractivity contribution in [1.29, 1.82) is 5.26 Å². The van der Waals surface area contributed by atoms with Gasteiger partial charge in [0.25, 0.3) is 0 Å². The molecule has 4 heterocycles. The van der Waals surface area contributed by atoms with Crippen molar-refractivity contribution < 1.29 is 14.3 Å². The van der Waals surface area contributed by atoms with E-state index in [0.717, 1.165) is 43.0 Å². The van der Waals surface area contributed by atoms with Gasteiger partial charge in [-0.3, -0.25) is 9.59 Å². The molecule has 2 saturated heterocycles. The molecular weight excluding hydrogens is 444 g/mol. The second-order valence-corrected chi connectivity index (χ2v) is 9.19. The zero-order valence-electron chi connectivity index (χ0n) is 19.9. The van der Waals surface area contributed by atoms with Gasteiger partial charge in [-0.05, 0) is 30.7 Å². The number of anilines is 1. The minimum Gasteiger partial charge on any atom is -0.488 e. The van der Waals surface area contributed by atoms with E-state index in [1.165, 1.54) is 0 Å². The third-order valence-electron chi connectivity index (χ3n) is 6.97. The maximum atomic E-state index is 11.7. The molecule has 9 heteroatoms. The number of nitriles is 1. The van der Waals surface area contributed by atoms with Crippen molar-refractivity contribution in [3.63, 3.8) is 0 Å². The van der Waals surface area contributed by atoms with Gasteiger partial charge in [0.2, 0.25) is 11.8 Å². The number of rotatable bonds is 5. The molecule has 1 N–H and O–H groups in total. The summed E-state index contributed by atoms with van der Waals surface area (Å²) in [6.07, 6.45) is 3.67. The van der Waals surface area contributed by atoms with E-state index >= 15 is 0 Å². The molecule has 3 aromatic rings. The van der Waals surface area contributed by atoms with Gasteiger partial charge in [-0.2, -0.15) is 10.4 Å². The van der Waals surface area contributed by atoms with Crippen LogP contribution in [0.15, 0.2) is 42.7 Å². The van der Waals surface area contributed by atoms with Crippen LogP contribution in [0.5, 0.6) is 5.75 Å². The number of pyridine rings is 1. The number of carbonyl (C=O) groups excluding carboxylic acids is 2. The summed E-state index contributed by atoms with van der Waals surface area (Å²) in [6, 6.07) is 12.4. The molecule has 0 spiro atoms. The molecule has 2 atom stereocenters. The summed E-state index contributed by atoms with van der Waals surface area (Å²) in [5.41, 5.74) is 4.11. The van der Waals surface area contributed by atoms with Crippen molar-refractivity contribution in [2.24, 2.45) is 5.92 Å². The quantitative estimate of drug-likeness (QED) is 0.612. The summed E-state index contributed by atoms with van der Waals surface area (Å²) in [7, 11) is 0. The highest BCUT2D eigenvalue weighted by Gasteiger charge is 2.29. The fourth-order valence-electron chi connectivity index (χ4n) is 4.81. The number of hydrogen-bond donors (Lipinski definition) is 1. The largest absolute Gasteiger partial charge is 0.488 e. The van der Waals surface area contributed by atoms with Crippen LogP contribution in [0.2, 0.25) is 0 Å². The Morgan fingerprint density at radius 2 is 1.94 bits per heavy atom. The highest BCUT2D eigenvalue weighted by molar-refractivity contribution is 5.79. The van der Waals surface area contributed by atoms with E-state index in [0.29, 0.717) is 29.8 Å². The molecule has 2 amide bonds. The van der Waals surface area contributed by atoms with Gasteiger partial charge >= 0.3 is 0 Å². The van der Waals surface area contributed by atoms with Gasteiger partial charge in [0.05, 0.1) is 6.20 Å². The average molecular weight is 473 g/mol. The van der Waals surface area contributed by atoms with E-state index in [1.807, 2.05) is 24.1 Å². The van der Waals surface area contributed by atoms with Gasteiger partial charge in [-0.25, -0.2) is 4.52 Å². The predicted octanol–water partition coefficient (Wildman–Crippen LogP) is 2.44. The van der Waals surface area contributed by atoms with Crippen molar-refractivity contribution in [2.45, 2.75) is 26.4 Å². The predicted molar refractivity (Wildman–Crippen MR) is 131 cm³/mol. The Balaban J connectivity index is 1.41. The Labute approximate surface area is 203 Å². The van der Waals surface area contributed by atoms with Crippen LogP contribution in [0.4, 0.5) is 5.69 Å². The van der Waals surface area contributed by atoms with Crippen LogP contribution in [0.1, 0.15) is 25.8 Å². The lowest BCUT2D eigenvalue weighted by Gasteiger charge is -2.35. The third-order valence-corrected chi connectivity index (χ3v) is 6.97. The highest BCUT2D eigenvalue weighted by Crippen LogP contribution is 2.33. The van der Waals surface area contributed by atoms with E-state index in [1.54, 1.807) is 17.6 Å². The van der Waals surface area contributed by atoms with Gasteiger partial charge in [-0.1, -0.05) is 12.1 Å². The molecular formula is C26H28N6O3. The van der Waals surface area contributed by atoms with Gasteiger partial charge in [0.15, 0.2) is 0 Å². The fourth-order valence-corrected chi connectivity index (χ4v) is 4.81. The van der Waals surface area contributed by atoms with Crippen molar-refractivity contribution in [3.8, 4) is 22.9 Å². The number of benzene rings is 1. The normalized spacial score (nSPS) is 18.9. The van der Waals surface area contributed by atoms with E-state index < -0.39 is 0 Å². The lowest BCUT2D eigenvalue weighted by atomic mass is 10.0. The van der Waals surface area contributed by atoms with Gasteiger partial charge in [0, 0.05) is 69.4 Å². The average Bonchev–Trinajstić information content (AvgIpc) is 3.50. The zero-order chi connectivity index (χ0) is 24.5. The second kappa shape index (κ2) is 9.29. The summed E-state index contributed by atoms with van der Waals surface area (Å²) >= 11 is 0. The molecule has 9 nitrogen and oxygen atoms in total. The molecule has 2 fully saturated rings. The van der Waals surface area contributed by atoms with Gasteiger partial charge in [-0.15, -0.1) is 0 Å². The summed E-state index contributed by atoms with van der Waals surface area (Å²) in [5, 5.41) is 16.8. The maximum Gasteiger partial charge on any atom is 0.220 e. The summed E-state index contributed by atoms with van der Waals surface area (Å²) in [5.74, 6) is 0.807. The van der Waals surface area contributed by atoms with E-state index in [9.17, 15) is 14.9 Å². The zero-order valence-corrected chi connectivity index (χ0v) is 19.9. The van der Waals surface area contributed by atoms with Crippen LogP contribution in [0, 0.1) is 17.2 Å². The fraction of sp³-hybridized carbons (Fsp3) is 0.385. The monoisotopic (exact) mass is 472 g/mol. The Hall–Kier alpha value is -4.06. The molecule has 5 rings (SSSR count). The number of fused-ring (bicyclic) bond motifs is 1. The minimum absolute atomic E-state index is 0.0363. The molecule has 35 heavy (non-hydrogen) atoms. The minimum atomic E-state index is -0.203. The first-order valence-electron chi connectivity index (χ1n) is 11.9. The number of aromatic nitrogens is 2. The first-order chi connectivity index (χ1) is 16.9. The summed E-state index contributed by atoms with van der Waals surface area (Å²) in [6.45, 7) is 7.24. The van der Waals surface area contributed by atoms with Crippen molar-refractivity contribution >= 4 is 23.0 Å². The van der Waals surface area contributed by atoms with E-state index in [2.05, 4.69) is 45.7 Å². The lowest BCUT2D eigenvalue weighted by Crippen LogP contribution is -2.48. The van der Waals surface area contributed by atoms with Crippen LogP contribution in [0.3, 0.4) is 0 Å². The van der Waals surface area contributed by atoms with Crippen LogP contribution in [-0.2, 0) is 9.59 Å². The van der Waals surface area contributed by atoms with Crippen LogP contribution in [-0.4, -0.2) is 65.2 Å². The molecule has 2 aliphatic heterocycles. The Bertz CT molecular complexity index is 1300. The second-order valence-electron chi connectivity index (χ2n) is 9.19. The maximum absolute atomic E-state index is 11.7. The molecule has 1 unspecified atom stereocenters. The smallest absolute Gasteiger partial charge is 0.220 e. The molecule has 1 aromatic carbocycles. The number of nitrogens with one attached hydrogen (secondary N) is 1. The Morgan fingerprint density at radius 3 is 2.57 bits per heavy atom. The molecule has 0 radical (unpaired) electrons. The van der Waals surface area contributed by atoms with Gasteiger partial charge < -0.3 is 19.9 Å². The lowest BCUT2D eigenvalue weighted by molar-refractivity contribution is -0.129. The summed E-state index contributed by atoms with van der Waals surface area (Å²) in [4.78, 5) is 27.4. The van der Waals surface area contributed by atoms with Crippen LogP contribution in [0.25, 0.3) is 16.6 Å². The van der Waals surface area contributed by atoms with E-state index in [4.69, 9.17) is 4.74 Å². The van der Waals surface area contributed by atoms with Crippen molar-refractivity contribution in [1.82, 2.24) is 19.8 Å². The number of amides is 2. The third kappa shape index (κ3) is 4.52. The molecule has 0 bridgehead atoms. The van der Waals surface area contributed by atoms with E-state index in [-0.39, 0.29) is 23.8 Å². The number of carbonyl (C=O) groups is 2. The highest BCUT2D eigenvalue weighted by atomic mass is 16.5. The first kappa shape index (κ1) is 22.7. The number of ether oxygens (including phenoxy) is 1. The standard InChI is InChI=1S/C26H28N6O3/c1-17(20-12-25(34)28-14-20)35-24-11-21(16-32-26(24)22(13-27)15-29-32)19-3-5-23(6-4-19)31-9-7-30(8-10-31)18(2)33/h3-6,11,15-17,20H,7-10,12,14H2,1-2H3,(H,28,34)/t17-,20?/m1/s1. The molecule has 0 saturated carbocycles. The van der Waals surface area contributed by atoms with Gasteiger partial charge in [0.1, 0.15) is 29.0 Å². The topological polar surface area (TPSA) is 103 Å². The molecule has 2 aliphatic rings. The molecule has 180 valence electrons. The Morgan fingerprint density at radius 1 is 1.20 bits per heavy atom. The van der Waals surface area contributed by atoms with Crippen LogP contribution < -0.4 is 15.0 Å². The van der Waals surface area contributed by atoms with Crippen LogP contribution >= 0.6 is 0 Å². The number of piperazine rings is 1. The first-order valence-corrected chi connectivity index (χ1v) is 11.9. The van der Waals surface area contributed by atoms with Crippen molar-refractivity contribution in [3.05, 3.63) is 48.3 Å². The Kier molecular flexibility index (Phi) is 6.03. The summed E-state index contributed by atoms with van der Waals surface area (Å²) < 4.78 is 8.01. The molecule has 2 aromatic heterocycles. The molecule has 0 aliphatic carbocycles. The SMILES string of the molecule is CC(=O)N1CCN(c2ccc(-c3cc(O[C@H](C)C4CNC(=O)C4)c4c(C#N)cnn4c3)cc2)CC1.